The minimum absolute atomic E-state index is 0.00838. The molecule has 11 heteroatoms. The highest BCUT2D eigenvalue weighted by Gasteiger charge is 2.36. The third kappa shape index (κ3) is 4.18. The van der Waals surface area contributed by atoms with E-state index in [0.29, 0.717) is 5.56 Å². The van der Waals surface area contributed by atoms with Crippen molar-refractivity contribution in [1.29, 1.82) is 0 Å². The SMILES string of the molecule is Nc1ncn(CC(=O)N2CCC(F)(CNC(=O)c3cnc4cc[nH]c4c3)CC2)n1. The average Bonchev–Trinajstić information content (AvgIpc) is 3.34. The predicted octanol–water partition coefficient (Wildman–Crippen LogP) is 0.497. The zero-order valence-electron chi connectivity index (χ0n) is 15.6. The van der Waals surface area contributed by atoms with Crippen LogP contribution < -0.4 is 11.1 Å². The van der Waals surface area contributed by atoms with Gasteiger partial charge in [0, 0.05) is 38.3 Å². The zero-order valence-corrected chi connectivity index (χ0v) is 15.6. The molecular formula is C18H21FN8O2. The molecule has 3 aromatic heterocycles. The van der Waals surface area contributed by atoms with Crippen LogP contribution in [0.15, 0.2) is 30.9 Å². The van der Waals surface area contributed by atoms with Gasteiger partial charge in [0.25, 0.3) is 5.91 Å². The van der Waals surface area contributed by atoms with Gasteiger partial charge in [0.1, 0.15) is 18.5 Å². The maximum atomic E-state index is 15.1. The van der Waals surface area contributed by atoms with E-state index in [1.54, 1.807) is 23.2 Å². The summed E-state index contributed by atoms with van der Waals surface area (Å²) >= 11 is 0. The van der Waals surface area contributed by atoms with Crippen molar-refractivity contribution in [2.24, 2.45) is 0 Å². The van der Waals surface area contributed by atoms with Gasteiger partial charge in [0.05, 0.1) is 23.1 Å². The number of H-pyrrole nitrogens is 1. The lowest BCUT2D eigenvalue weighted by molar-refractivity contribution is -0.134. The van der Waals surface area contributed by atoms with Crippen LogP contribution in [0.2, 0.25) is 0 Å². The number of aromatic amines is 1. The van der Waals surface area contributed by atoms with Crippen LogP contribution in [-0.4, -0.2) is 66.7 Å². The second-order valence-corrected chi connectivity index (χ2v) is 7.15. The molecule has 3 aromatic rings. The number of nitrogens with one attached hydrogen (secondary N) is 2. The van der Waals surface area contributed by atoms with Gasteiger partial charge in [-0.1, -0.05) is 0 Å². The predicted molar refractivity (Wildman–Crippen MR) is 103 cm³/mol. The van der Waals surface area contributed by atoms with Crippen molar-refractivity contribution in [3.63, 3.8) is 0 Å². The van der Waals surface area contributed by atoms with Crippen LogP contribution >= 0.6 is 0 Å². The van der Waals surface area contributed by atoms with Crippen molar-refractivity contribution in [3.8, 4) is 0 Å². The largest absolute Gasteiger partial charge is 0.367 e. The summed E-state index contributed by atoms with van der Waals surface area (Å²) in [7, 11) is 0. The first kappa shape index (κ1) is 18.8. The third-order valence-corrected chi connectivity index (χ3v) is 5.09. The van der Waals surface area contributed by atoms with Gasteiger partial charge < -0.3 is 20.9 Å². The number of likely N-dealkylation sites (tertiary alicyclic amines) is 1. The van der Waals surface area contributed by atoms with E-state index < -0.39 is 5.67 Å². The number of nitrogen functional groups attached to an aromatic ring is 1. The summed E-state index contributed by atoms with van der Waals surface area (Å²) in [6.45, 7) is 0.432. The Balaban J connectivity index is 1.28. The standard InChI is InChI=1S/C18H21FN8O2/c19-18(10-23-16(29)12-7-14-13(22-8-12)1-4-21-14)2-5-26(6-3-18)15(28)9-27-11-24-17(20)25-27/h1,4,7-8,11,21H,2-3,5-6,9-10H2,(H2,20,25)(H,23,29). The number of nitrogens with zero attached hydrogens (tertiary/aromatic N) is 5. The van der Waals surface area contributed by atoms with Gasteiger partial charge in [0.15, 0.2) is 0 Å². The van der Waals surface area contributed by atoms with Crippen molar-refractivity contribution in [3.05, 3.63) is 36.4 Å². The smallest absolute Gasteiger partial charge is 0.253 e. The number of piperidine rings is 1. The highest BCUT2D eigenvalue weighted by molar-refractivity contribution is 5.96. The Labute approximate surface area is 165 Å². The van der Waals surface area contributed by atoms with E-state index in [-0.39, 0.29) is 56.8 Å². The molecule has 1 aliphatic heterocycles. The van der Waals surface area contributed by atoms with Gasteiger partial charge in [-0.3, -0.25) is 14.6 Å². The van der Waals surface area contributed by atoms with Gasteiger partial charge in [0.2, 0.25) is 11.9 Å². The first-order valence-corrected chi connectivity index (χ1v) is 9.25. The molecule has 4 rings (SSSR count). The average molecular weight is 400 g/mol. The molecule has 0 unspecified atom stereocenters. The molecule has 2 amide bonds. The van der Waals surface area contributed by atoms with Crippen LogP contribution in [0.4, 0.5) is 10.3 Å². The number of hydrogen-bond acceptors (Lipinski definition) is 6. The number of halogens is 1. The lowest BCUT2D eigenvalue weighted by Crippen LogP contribution is -2.50. The van der Waals surface area contributed by atoms with Crippen LogP contribution in [0, 0.1) is 0 Å². The van der Waals surface area contributed by atoms with Gasteiger partial charge in [-0.2, -0.15) is 0 Å². The Morgan fingerprint density at radius 1 is 1.31 bits per heavy atom. The fourth-order valence-corrected chi connectivity index (χ4v) is 3.36. The number of pyridine rings is 1. The number of rotatable bonds is 5. The molecule has 29 heavy (non-hydrogen) atoms. The summed E-state index contributed by atoms with van der Waals surface area (Å²) in [6.07, 6.45) is 4.88. The van der Waals surface area contributed by atoms with Gasteiger partial charge in [-0.15, -0.1) is 5.10 Å². The molecule has 0 atom stereocenters. The lowest BCUT2D eigenvalue weighted by atomic mass is 9.93. The Morgan fingerprint density at radius 3 is 2.83 bits per heavy atom. The normalized spacial score (nSPS) is 16.1. The molecule has 1 fully saturated rings. The number of hydrogen-bond donors (Lipinski definition) is 3. The summed E-state index contributed by atoms with van der Waals surface area (Å²) in [6, 6.07) is 3.49. The van der Waals surface area contributed by atoms with E-state index in [1.165, 1.54) is 17.2 Å². The Hall–Kier alpha value is -3.50. The first-order valence-electron chi connectivity index (χ1n) is 9.25. The number of anilines is 1. The van der Waals surface area contributed by atoms with E-state index in [2.05, 4.69) is 25.4 Å². The van der Waals surface area contributed by atoms with Gasteiger partial charge in [-0.05, 0) is 12.1 Å². The highest BCUT2D eigenvalue weighted by atomic mass is 19.1. The maximum absolute atomic E-state index is 15.1. The molecule has 0 radical (unpaired) electrons. The molecule has 10 nitrogen and oxygen atoms in total. The summed E-state index contributed by atoms with van der Waals surface area (Å²) in [5.41, 5.74) is 5.74. The van der Waals surface area contributed by atoms with Gasteiger partial charge in [-0.25, -0.2) is 14.1 Å². The summed E-state index contributed by atoms with van der Waals surface area (Å²) in [4.78, 5) is 37.2. The third-order valence-electron chi connectivity index (χ3n) is 5.09. The number of carbonyl (C=O) groups is 2. The lowest BCUT2D eigenvalue weighted by Gasteiger charge is -2.36. The first-order chi connectivity index (χ1) is 13.9. The summed E-state index contributed by atoms with van der Waals surface area (Å²) < 4.78 is 16.5. The number of aromatic nitrogens is 5. The second-order valence-electron chi connectivity index (χ2n) is 7.15. The van der Waals surface area contributed by atoms with Gasteiger partial charge >= 0.3 is 0 Å². The minimum atomic E-state index is -1.56. The highest BCUT2D eigenvalue weighted by Crippen LogP contribution is 2.26. The van der Waals surface area contributed by atoms with Crippen LogP contribution in [0.1, 0.15) is 23.2 Å². The second kappa shape index (κ2) is 7.49. The Bertz CT molecular complexity index is 1040. The van der Waals surface area contributed by atoms with Crippen molar-refractivity contribution < 1.29 is 14.0 Å². The van der Waals surface area contributed by atoms with Crippen LogP contribution in [0.3, 0.4) is 0 Å². The monoisotopic (exact) mass is 400 g/mol. The molecule has 152 valence electrons. The van der Waals surface area contributed by atoms with Crippen LogP contribution in [-0.2, 0) is 11.3 Å². The quantitative estimate of drug-likeness (QED) is 0.571. The molecule has 4 N–H and O–H groups in total. The molecular weight excluding hydrogens is 379 g/mol. The van der Waals surface area contributed by atoms with Crippen molar-refractivity contribution in [1.82, 2.24) is 34.9 Å². The van der Waals surface area contributed by atoms with E-state index in [4.69, 9.17) is 5.73 Å². The van der Waals surface area contributed by atoms with E-state index in [0.717, 1.165) is 11.0 Å². The number of alkyl halides is 1. The fraction of sp³-hybridized carbons (Fsp3) is 0.389. The fourth-order valence-electron chi connectivity index (χ4n) is 3.36. The Kier molecular flexibility index (Phi) is 4.87. The molecule has 0 aromatic carbocycles. The summed E-state index contributed by atoms with van der Waals surface area (Å²) in [5.74, 6) is -0.458. The zero-order chi connectivity index (χ0) is 20.4. The Morgan fingerprint density at radius 2 is 2.10 bits per heavy atom. The molecule has 0 aliphatic carbocycles. The van der Waals surface area contributed by atoms with Crippen LogP contribution in [0.5, 0.6) is 0 Å². The molecule has 0 saturated carbocycles. The minimum Gasteiger partial charge on any atom is -0.367 e. The van der Waals surface area contributed by atoms with E-state index >= 15 is 4.39 Å². The van der Waals surface area contributed by atoms with Crippen molar-refractivity contribution in [2.75, 3.05) is 25.4 Å². The number of nitrogens with two attached hydrogens (primary N) is 1. The molecule has 1 saturated heterocycles. The maximum Gasteiger partial charge on any atom is 0.253 e. The van der Waals surface area contributed by atoms with Crippen molar-refractivity contribution in [2.45, 2.75) is 25.1 Å². The summed E-state index contributed by atoms with van der Waals surface area (Å²) in [5, 5.41) is 6.52. The topological polar surface area (TPSA) is 135 Å². The molecule has 0 spiro atoms. The number of fused-ring (bicyclic) bond motifs is 1. The number of carbonyl (C=O) groups excluding carboxylic acids is 2. The molecule has 4 heterocycles. The van der Waals surface area contributed by atoms with E-state index in [9.17, 15) is 9.59 Å². The van der Waals surface area contributed by atoms with Crippen LogP contribution in [0.25, 0.3) is 11.0 Å². The number of amides is 2. The molecule has 1 aliphatic rings. The molecule has 0 bridgehead atoms. The van der Waals surface area contributed by atoms with Crippen molar-refractivity contribution >= 4 is 28.8 Å². The van der Waals surface area contributed by atoms with E-state index in [1.807, 2.05) is 0 Å².